The van der Waals surface area contributed by atoms with Crippen molar-refractivity contribution in [2.24, 2.45) is 0 Å². The van der Waals surface area contributed by atoms with Crippen molar-refractivity contribution in [2.45, 2.75) is 26.2 Å². The van der Waals surface area contributed by atoms with E-state index in [2.05, 4.69) is 18.2 Å². The Labute approximate surface area is 67.6 Å². The van der Waals surface area contributed by atoms with E-state index in [1.54, 1.807) is 0 Å². The van der Waals surface area contributed by atoms with Crippen LogP contribution >= 0.6 is 0 Å². The van der Waals surface area contributed by atoms with Crippen molar-refractivity contribution in [3.63, 3.8) is 0 Å². The molecule has 0 fully saturated rings. The fourth-order valence-electron chi connectivity index (χ4n) is 0.605. The molecule has 0 bridgehead atoms. The Morgan fingerprint density at radius 2 is 2.27 bits per heavy atom. The molecule has 0 unspecified atom stereocenters. The molecule has 0 atom stereocenters. The second kappa shape index (κ2) is 7.06. The molecule has 0 spiro atoms. The van der Waals surface area contributed by atoms with E-state index < -0.39 is 0 Å². The standard InChI is InChI=1S/C9H14O2/c1-3-5-6-7-8-9(10)11-4-2/h4,6-7H,2-3,5,8H2,1H3/b7-6+. The van der Waals surface area contributed by atoms with Gasteiger partial charge in [-0.15, -0.1) is 0 Å². The minimum absolute atomic E-state index is 0.257. The largest absolute Gasteiger partial charge is 0.435 e. The molecule has 0 aliphatic rings. The summed E-state index contributed by atoms with van der Waals surface area (Å²) in [5, 5.41) is 0. The summed E-state index contributed by atoms with van der Waals surface area (Å²) < 4.78 is 4.50. The van der Waals surface area contributed by atoms with E-state index in [9.17, 15) is 4.79 Å². The smallest absolute Gasteiger partial charge is 0.314 e. The lowest BCUT2D eigenvalue weighted by atomic mass is 10.3. The summed E-state index contributed by atoms with van der Waals surface area (Å²) in [5.74, 6) is -0.257. The highest BCUT2D eigenvalue weighted by atomic mass is 16.5. The van der Waals surface area contributed by atoms with E-state index in [-0.39, 0.29) is 5.97 Å². The second-order valence-electron chi connectivity index (χ2n) is 2.12. The molecule has 0 N–H and O–H groups in total. The van der Waals surface area contributed by atoms with Crippen LogP contribution in [0.3, 0.4) is 0 Å². The quantitative estimate of drug-likeness (QED) is 0.345. The number of ether oxygens (including phenoxy) is 1. The predicted molar refractivity (Wildman–Crippen MR) is 45.0 cm³/mol. The monoisotopic (exact) mass is 154 g/mol. The highest BCUT2D eigenvalue weighted by Crippen LogP contribution is 1.93. The fourth-order valence-corrected chi connectivity index (χ4v) is 0.605. The molecular formula is C9H14O2. The number of hydrogen-bond acceptors (Lipinski definition) is 2. The van der Waals surface area contributed by atoms with E-state index >= 15 is 0 Å². The lowest BCUT2D eigenvalue weighted by Crippen LogP contribution is -1.95. The van der Waals surface area contributed by atoms with Crippen LogP contribution in [0.1, 0.15) is 26.2 Å². The van der Waals surface area contributed by atoms with Gasteiger partial charge in [0.05, 0.1) is 12.7 Å². The number of allylic oxidation sites excluding steroid dienone is 1. The number of carbonyl (C=O) groups is 1. The minimum atomic E-state index is -0.257. The lowest BCUT2D eigenvalue weighted by molar-refractivity contribution is -0.136. The van der Waals surface area contributed by atoms with Crippen molar-refractivity contribution in [1.82, 2.24) is 0 Å². The Kier molecular flexibility index (Phi) is 6.39. The highest BCUT2D eigenvalue weighted by molar-refractivity contribution is 5.71. The van der Waals surface area contributed by atoms with Crippen LogP contribution in [0.15, 0.2) is 25.0 Å². The molecule has 0 aliphatic heterocycles. The molecule has 0 aromatic rings. The Morgan fingerprint density at radius 1 is 1.55 bits per heavy atom. The number of hydrogen-bond donors (Lipinski definition) is 0. The van der Waals surface area contributed by atoms with Crippen LogP contribution < -0.4 is 0 Å². The predicted octanol–water partition coefficient (Wildman–Crippen LogP) is 2.42. The number of unbranched alkanes of at least 4 members (excludes halogenated alkanes) is 1. The molecule has 0 rings (SSSR count). The summed E-state index contributed by atoms with van der Waals surface area (Å²) in [7, 11) is 0. The molecule has 0 heterocycles. The fraction of sp³-hybridized carbons (Fsp3) is 0.444. The minimum Gasteiger partial charge on any atom is -0.435 e. The molecule has 0 radical (unpaired) electrons. The maximum absolute atomic E-state index is 10.7. The zero-order valence-electron chi connectivity index (χ0n) is 6.88. The average molecular weight is 154 g/mol. The van der Waals surface area contributed by atoms with Crippen molar-refractivity contribution in [1.29, 1.82) is 0 Å². The first kappa shape index (κ1) is 9.95. The summed E-state index contributed by atoms with van der Waals surface area (Å²) in [6.07, 6.45) is 7.40. The van der Waals surface area contributed by atoms with Crippen molar-refractivity contribution in [2.75, 3.05) is 0 Å². The molecule has 2 heteroatoms. The molecule has 0 amide bonds. The first-order valence-electron chi connectivity index (χ1n) is 3.76. The van der Waals surface area contributed by atoms with Crippen LogP contribution in [0, 0.1) is 0 Å². The third-order valence-corrected chi connectivity index (χ3v) is 1.12. The van der Waals surface area contributed by atoms with E-state index in [4.69, 9.17) is 0 Å². The van der Waals surface area contributed by atoms with Gasteiger partial charge < -0.3 is 4.74 Å². The molecule has 0 aromatic heterocycles. The molecular weight excluding hydrogens is 140 g/mol. The summed E-state index contributed by atoms with van der Waals surface area (Å²) in [6, 6.07) is 0. The van der Waals surface area contributed by atoms with Gasteiger partial charge in [0, 0.05) is 0 Å². The zero-order valence-corrected chi connectivity index (χ0v) is 6.88. The van der Waals surface area contributed by atoms with Crippen molar-refractivity contribution < 1.29 is 9.53 Å². The normalized spacial score (nSPS) is 9.91. The van der Waals surface area contributed by atoms with E-state index in [1.165, 1.54) is 0 Å². The molecule has 11 heavy (non-hydrogen) atoms. The SMILES string of the molecule is C=COC(=O)C/C=C/CCC. The second-order valence-corrected chi connectivity index (χ2v) is 2.12. The van der Waals surface area contributed by atoms with Crippen LogP contribution in [0.25, 0.3) is 0 Å². The number of esters is 1. The first-order chi connectivity index (χ1) is 5.31. The third kappa shape index (κ3) is 6.84. The molecule has 62 valence electrons. The number of carbonyl (C=O) groups excluding carboxylic acids is 1. The average Bonchev–Trinajstić information content (AvgIpc) is 1.99. The van der Waals surface area contributed by atoms with Gasteiger partial charge >= 0.3 is 5.97 Å². The Bertz CT molecular complexity index is 148. The Hall–Kier alpha value is -1.05. The topological polar surface area (TPSA) is 26.3 Å². The molecule has 2 nitrogen and oxygen atoms in total. The van der Waals surface area contributed by atoms with E-state index in [0.717, 1.165) is 19.1 Å². The van der Waals surface area contributed by atoms with E-state index in [1.807, 2.05) is 12.2 Å². The van der Waals surface area contributed by atoms with Gasteiger partial charge in [-0.25, -0.2) is 0 Å². The first-order valence-corrected chi connectivity index (χ1v) is 3.76. The summed E-state index contributed by atoms with van der Waals surface area (Å²) in [4.78, 5) is 10.7. The zero-order chi connectivity index (χ0) is 8.53. The third-order valence-electron chi connectivity index (χ3n) is 1.12. The summed E-state index contributed by atoms with van der Waals surface area (Å²) in [6.45, 7) is 5.37. The van der Waals surface area contributed by atoms with Gasteiger partial charge in [0.2, 0.25) is 0 Å². The van der Waals surface area contributed by atoms with Crippen LogP contribution in [-0.2, 0) is 9.53 Å². The van der Waals surface area contributed by atoms with Gasteiger partial charge in [0.1, 0.15) is 0 Å². The van der Waals surface area contributed by atoms with Crippen molar-refractivity contribution in [3.8, 4) is 0 Å². The molecule has 0 aliphatic carbocycles. The molecule has 0 saturated heterocycles. The van der Waals surface area contributed by atoms with Crippen LogP contribution in [0.5, 0.6) is 0 Å². The van der Waals surface area contributed by atoms with Crippen LogP contribution in [0.2, 0.25) is 0 Å². The molecule has 0 aromatic carbocycles. The highest BCUT2D eigenvalue weighted by Gasteiger charge is 1.93. The summed E-state index contributed by atoms with van der Waals surface area (Å²) in [5.41, 5.74) is 0. The van der Waals surface area contributed by atoms with E-state index in [0.29, 0.717) is 6.42 Å². The van der Waals surface area contributed by atoms with Crippen LogP contribution in [-0.4, -0.2) is 5.97 Å². The van der Waals surface area contributed by atoms with Gasteiger partial charge in [-0.3, -0.25) is 4.79 Å². The molecule has 0 saturated carbocycles. The Morgan fingerprint density at radius 3 is 2.82 bits per heavy atom. The Balaban J connectivity index is 3.36. The van der Waals surface area contributed by atoms with Crippen LogP contribution in [0.4, 0.5) is 0 Å². The van der Waals surface area contributed by atoms with Gasteiger partial charge in [0.25, 0.3) is 0 Å². The summed E-state index contributed by atoms with van der Waals surface area (Å²) >= 11 is 0. The van der Waals surface area contributed by atoms with Gasteiger partial charge in [-0.05, 0) is 6.42 Å². The van der Waals surface area contributed by atoms with Gasteiger partial charge in [-0.1, -0.05) is 32.1 Å². The van der Waals surface area contributed by atoms with Crippen molar-refractivity contribution in [3.05, 3.63) is 25.0 Å². The maximum atomic E-state index is 10.7. The van der Waals surface area contributed by atoms with Crippen molar-refractivity contribution >= 4 is 5.97 Å². The maximum Gasteiger partial charge on any atom is 0.314 e. The number of rotatable bonds is 5. The van der Waals surface area contributed by atoms with Gasteiger partial charge in [-0.2, -0.15) is 0 Å². The lowest BCUT2D eigenvalue weighted by Gasteiger charge is -1.91. The van der Waals surface area contributed by atoms with Gasteiger partial charge in [0.15, 0.2) is 0 Å².